The zero-order valence-electron chi connectivity index (χ0n) is 14.3. The van der Waals surface area contributed by atoms with Gasteiger partial charge in [0.2, 0.25) is 0 Å². The molecular formula is C20H23FN2O2. The molecule has 0 bridgehead atoms. The standard InChI is InChI=1S/C20H23FN2O2/c1-25-18-9-5-4-8-17(18)22-20(24)23-19(14-6-2-3-7-14)15-10-12-16(21)13-11-15/h4-5,8-14,19H,2-3,6-7H2,1H3,(H2,22,23,24)/t19-/m0/s1. The second-order valence-electron chi connectivity index (χ2n) is 6.37. The van der Waals surface area contributed by atoms with Gasteiger partial charge in [0.15, 0.2) is 0 Å². The van der Waals surface area contributed by atoms with Gasteiger partial charge in [-0.15, -0.1) is 0 Å². The number of carbonyl (C=O) groups is 1. The average molecular weight is 342 g/mol. The first-order chi connectivity index (χ1) is 12.2. The Kier molecular flexibility index (Phi) is 5.53. The first kappa shape index (κ1) is 17.3. The molecule has 1 aliphatic carbocycles. The summed E-state index contributed by atoms with van der Waals surface area (Å²) in [6, 6.07) is 13.3. The number of benzene rings is 2. The third-order valence-corrected chi connectivity index (χ3v) is 4.74. The largest absolute Gasteiger partial charge is 0.495 e. The summed E-state index contributed by atoms with van der Waals surface area (Å²) in [7, 11) is 1.57. The molecule has 1 atom stereocenters. The lowest BCUT2D eigenvalue weighted by atomic mass is 9.91. The van der Waals surface area contributed by atoms with Crippen LogP contribution >= 0.6 is 0 Å². The second kappa shape index (κ2) is 8.01. The number of hydrogen-bond acceptors (Lipinski definition) is 2. The fourth-order valence-electron chi connectivity index (χ4n) is 3.48. The van der Waals surface area contributed by atoms with Gasteiger partial charge in [-0.1, -0.05) is 37.1 Å². The lowest BCUT2D eigenvalue weighted by molar-refractivity contribution is 0.242. The normalized spacial score (nSPS) is 15.6. The van der Waals surface area contributed by atoms with Crippen LogP contribution in [0, 0.1) is 11.7 Å². The molecule has 2 aromatic rings. The minimum absolute atomic E-state index is 0.127. The van der Waals surface area contributed by atoms with Gasteiger partial charge in [-0.3, -0.25) is 0 Å². The highest BCUT2D eigenvalue weighted by Crippen LogP contribution is 2.36. The van der Waals surface area contributed by atoms with Gasteiger partial charge in [0.05, 0.1) is 18.8 Å². The van der Waals surface area contributed by atoms with Gasteiger partial charge >= 0.3 is 6.03 Å². The number of carbonyl (C=O) groups excluding carboxylic acids is 1. The Morgan fingerprint density at radius 2 is 1.80 bits per heavy atom. The molecule has 132 valence electrons. The van der Waals surface area contributed by atoms with Gasteiger partial charge < -0.3 is 15.4 Å². The molecule has 0 radical (unpaired) electrons. The fourth-order valence-corrected chi connectivity index (χ4v) is 3.48. The third kappa shape index (κ3) is 4.29. The maximum Gasteiger partial charge on any atom is 0.319 e. The van der Waals surface area contributed by atoms with E-state index < -0.39 is 0 Å². The van der Waals surface area contributed by atoms with Crippen LogP contribution < -0.4 is 15.4 Å². The lowest BCUT2D eigenvalue weighted by Crippen LogP contribution is -2.36. The third-order valence-electron chi connectivity index (χ3n) is 4.74. The van der Waals surface area contributed by atoms with E-state index in [9.17, 15) is 9.18 Å². The lowest BCUT2D eigenvalue weighted by Gasteiger charge is -2.25. The van der Waals surface area contributed by atoms with E-state index in [4.69, 9.17) is 4.74 Å². The van der Waals surface area contributed by atoms with Crippen molar-refractivity contribution in [3.05, 3.63) is 59.9 Å². The predicted molar refractivity (Wildman–Crippen MR) is 96.2 cm³/mol. The number of para-hydroxylation sites is 2. The number of urea groups is 1. The number of nitrogens with one attached hydrogen (secondary N) is 2. The van der Waals surface area contributed by atoms with Crippen molar-refractivity contribution in [3.63, 3.8) is 0 Å². The van der Waals surface area contributed by atoms with Crippen molar-refractivity contribution in [1.82, 2.24) is 5.32 Å². The van der Waals surface area contributed by atoms with Crippen molar-refractivity contribution in [2.45, 2.75) is 31.7 Å². The van der Waals surface area contributed by atoms with Gasteiger partial charge in [-0.2, -0.15) is 0 Å². The molecule has 0 saturated heterocycles. The van der Waals surface area contributed by atoms with Gasteiger partial charge in [0.25, 0.3) is 0 Å². The monoisotopic (exact) mass is 342 g/mol. The Morgan fingerprint density at radius 3 is 2.48 bits per heavy atom. The first-order valence-electron chi connectivity index (χ1n) is 8.63. The highest BCUT2D eigenvalue weighted by molar-refractivity contribution is 5.91. The smallest absolute Gasteiger partial charge is 0.319 e. The highest BCUT2D eigenvalue weighted by Gasteiger charge is 2.28. The number of methoxy groups -OCH3 is 1. The van der Waals surface area contributed by atoms with Crippen LogP contribution in [0.5, 0.6) is 5.75 Å². The molecule has 1 aliphatic rings. The molecule has 0 aromatic heterocycles. The van der Waals surface area contributed by atoms with Crippen molar-refractivity contribution >= 4 is 11.7 Å². The number of amides is 2. The molecule has 1 saturated carbocycles. The molecule has 0 heterocycles. The number of hydrogen-bond donors (Lipinski definition) is 2. The molecule has 3 rings (SSSR count). The van der Waals surface area contributed by atoms with Crippen molar-refractivity contribution in [3.8, 4) is 5.75 Å². The summed E-state index contributed by atoms with van der Waals surface area (Å²) < 4.78 is 18.5. The molecular weight excluding hydrogens is 319 g/mol. The van der Waals surface area contributed by atoms with Gasteiger partial charge in [-0.05, 0) is 48.6 Å². The van der Waals surface area contributed by atoms with E-state index in [0.717, 1.165) is 31.2 Å². The van der Waals surface area contributed by atoms with Crippen molar-refractivity contribution in [2.24, 2.45) is 5.92 Å². The maximum atomic E-state index is 13.2. The van der Waals surface area contributed by atoms with E-state index in [2.05, 4.69) is 10.6 Å². The molecule has 2 N–H and O–H groups in total. The summed E-state index contributed by atoms with van der Waals surface area (Å²) in [5.41, 5.74) is 1.55. The predicted octanol–water partition coefficient (Wildman–Crippen LogP) is 4.89. The summed E-state index contributed by atoms with van der Waals surface area (Å²) in [6.07, 6.45) is 4.46. The van der Waals surface area contributed by atoms with E-state index in [1.54, 1.807) is 31.4 Å². The minimum atomic E-state index is -0.286. The van der Waals surface area contributed by atoms with E-state index >= 15 is 0 Å². The number of anilines is 1. The average Bonchev–Trinajstić information content (AvgIpc) is 3.15. The second-order valence-corrected chi connectivity index (χ2v) is 6.37. The molecule has 1 fully saturated rings. The Labute approximate surface area is 147 Å². The van der Waals surface area contributed by atoms with Gasteiger partial charge in [0, 0.05) is 0 Å². The topological polar surface area (TPSA) is 50.4 Å². The van der Waals surface area contributed by atoms with Crippen LogP contribution in [0.3, 0.4) is 0 Å². The summed E-state index contributed by atoms with van der Waals surface area (Å²) in [6.45, 7) is 0. The van der Waals surface area contributed by atoms with Gasteiger partial charge in [0.1, 0.15) is 11.6 Å². The molecule has 0 spiro atoms. The highest BCUT2D eigenvalue weighted by atomic mass is 19.1. The molecule has 25 heavy (non-hydrogen) atoms. The minimum Gasteiger partial charge on any atom is -0.495 e. The van der Waals surface area contributed by atoms with Crippen LogP contribution in [0.25, 0.3) is 0 Å². The summed E-state index contributed by atoms with van der Waals surface area (Å²) in [5.74, 6) is 0.707. The van der Waals surface area contributed by atoms with E-state index in [1.165, 1.54) is 12.1 Å². The summed E-state index contributed by atoms with van der Waals surface area (Å²) >= 11 is 0. The molecule has 5 heteroatoms. The zero-order valence-corrected chi connectivity index (χ0v) is 14.3. The number of halogens is 1. The number of ether oxygens (including phenoxy) is 1. The quantitative estimate of drug-likeness (QED) is 0.813. The molecule has 2 aromatic carbocycles. The van der Waals surface area contributed by atoms with E-state index in [0.29, 0.717) is 17.4 Å². The SMILES string of the molecule is COc1ccccc1NC(=O)N[C@H](c1ccc(F)cc1)C1CCCC1. The first-order valence-corrected chi connectivity index (χ1v) is 8.63. The van der Waals surface area contributed by atoms with Crippen molar-refractivity contribution in [2.75, 3.05) is 12.4 Å². The van der Waals surface area contributed by atoms with E-state index in [-0.39, 0.29) is 17.9 Å². The summed E-state index contributed by atoms with van der Waals surface area (Å²) in [5, 5.41) is 5.91. The van der Waals surface area contributed by atoms with E-state index in [1.807, 2.05) is 12.1 Å². The van der Waals surface area contributed by atoms with Crippen LogP contribution in [0.2, 0.25) is 0 Å². The van der Waals surface area contributed by atoms with Crippen LogP contribution in [0.15, 0.2) is 48.5 Å². The molecule has 0 aliphatic heterocycles. The Bertz CT molecular complexity index is 712. The Hall–Kier alpha value is -2.56. The Morgan fingerprint density at radius 1 is 1.12 bits per heavy atom. The molecule has 4 nitrogen and oxygen atoms in total. The van der Waals surface area contributed by atoms with Crippen LogP contribution in [-0.4, -0.2) is 13.1 Å². The van der Waals surface area contributed by atoms with Crippen molar-refractivity contribution in [1.29, 1.82) is 0 Å². The van der Waals surface area contributed by atoms with Crippen molar-refractivity contribution < 1.29 is 13.9 Å². The van der Waals surface area contributed by atoms with Crippen LogP contribution in [-0.2, 0) is 0 Å². The molecule has 2 amide bonds. The zero-order chi connectivity index (χ0) is 17.6. The maximum absolute atomic E-state index is 13.2. The molecule has 0 unspecified atom stereocenters. The number of rotatable bonds is 5. The summed E-state index contributed by atoms with van der Waals surface area (Å²) in [4.78, 5) is 12.5. The van der Waals surface area contributed by atoms with Gasteiger partial charge in [-0.25, -0.2) is 9.18 Å². The fraction of sp³-hybridized carbons (Fsp3) is 0.350. The van der Waals surface area contributed by atoms with Crippen LogP contribution in [0.1, 0.15) is 37.3 Å². The Balaban J connectivity index is 1.75. The van der Waals surface area contributed by atoms with Crippen LogP contribution in [0.4, 0.5) is 14.9 Å².